The molecule has 10 nitrogen and oxygen atoms in total. The van der Waals surface area contributed by atoms with Gasteiger partial charge in [0.2, 0.25) is 0 Å². The van der Waals surface area contributed by atoms with Crippen LogP contribution in [0.15, 0.2) is 18.3 Å². The average molecular weight is 354 g/mol. The number of carbonyl (C=O) groups excluding carboxylic acids is 2. The summed E-state index contributed by atoms with van der Waals surface area (Å²) < 4.78 is 17.4. The van der Waals surface area contributed by atoms with Crippen LogP contribution in [0.3, 0.4) is 0 Å². The monoisotopic (exact) mass is 354 g/mol. The molecule has 25 heavy (non-hydrogen) atoms. The highest BCUT2D eigenvalue weighted by Gasteiger charge is 2.24. The Bertz CT molecular complexity index is 570. The van der Waals surface area contributed by atoms with Gasteiger partial charge in [0, 0.05) is 12.2 Å². The summed E-state index contributed by atoms with van der Waals surface area (Å²) in [5, 5.41) is 16.4. The molecule has 0 bridgehead atoms. The molecule has 1 N–H and O–H groups in total. The summed E-state index contributed by atoms with van der Waals surface area (Å²) in [6.45, 7) is 3.19. The lowest BCUT2D eigenvalue weighted by molar-refractivity contribution is -0.137. The zero-order valence-electron chi connectivity index (χ0n) is 13.9. The second-order valence-electron chi connectivity index (χ2n) is 5.13. The van der Waals surface area contributed by atoms with E-state index < -0.39 is 0 Å². The maximum Gasteiger partial charge on any atom is 0.253 e. The third-order valence-corrected chi connectivity index (χ3v) is 3.25. The Kier molecular flexibility index (Phi) is 8.19. The van der Waals surface area contributed by atoms with Crippen molar-refractivity contribution < 1.29 is 28.9 Å². The average Bonchev–Trinajstić information content (AvgIpc) is 3.18. The van der Waals surface area contributed by atoms with Crippen molar-refractivity contribution in [3.05, 3.63) is 24.0 Å². The van der Waals surface area contributed by atoms with Crippen LogP contribution in [0, 0.1) is 0 Å². The van der Waals surface area contributed by atoms with Crippen LogP contribution in [0.2, 0.25) is 0 Å². The fourth-order valence-corrected chi connectivity index (χ4v) is 2.03. The van der Waals surface area contributed by atoms with Crippen LogP contribution in [0.25, 0.3) is 0 Å². The van der Waals surface area contributed by atoms with E-state index >= 15 is 0 Å². The zero-order chi connectivity index (χ0) is 17.9. The van der Waals surface area contributed by atoms with E-state index in [1.165, 1.54) is 12.2 Å². The van der Waals surface area contributed by atoms with Crippen LogP contribution in [0.1, 0.15) is 5.69 Å². The molecule has 1 aliphatic rings. The lowest BCUT2D eigenvalue weighted by Crippen LogP contribution is -2.29. The number of amides is 2. The third kappa shape index (κ3) is 6.70. The molecule has 0 spiro atoms. The van der Waals surface area contributed by atoms with Gasteiger partial charge in [0.15, 0.2) is 0 Å². The van der Waals surface area contributed by atoms with Crippen molar-refractivity contribution >= 4 is 11.8 Å². The molecule has 1 aromatic rings. The summed E-state index contributed by atoms with van der Waals surface area (Å²) in [5.74, 6) is -0.686. The first-order chi connectivity index (χ1) is 12.2. The maximum atomic E-state index is 11.5. The number of hydrogen-bond acceptors (Lipinski definition) is 8. The molecule has 2 rings (SSSR count). The predicted molar refractivity (Wildman–Crippen MR) is 84.3 cm³/mol. The molecule has 2 heterocycles. The molecule has 0 aromatic carbocycles. The molecule has 138 valence electrons. The van der Waals surface area contributed by atoms with E-state index in [1.54, 1.807) is 10.9 Å². The van der Waals surface area contributed by atoms with Gasteiger partial charge in [0.1, 0.15) is 5.69 Å². The SMILES string of the molecule is O=C1C=CC(=O)N1Cc1cn(CCOCCOCCOCCO)nn1. The van der Waals surface area contributed by atoms with Crippen LogP contribution in [0.5, 0.6) is 0 Å². The first kappa shape index (κ1) is 19.2. The van der Waals surface area contributed by atoms with Crippen molar-refractivity contribution in [2.24, 2.45) is 0 Å². The predicted octanol–water partition coefficient (Wildman–Crippen LogP) is -1.25. The largest absolute Gasteiger partial charge is 0.394 e. The van der Waals surface area contributed by atoms with Gasteiger partial charge >= 0.3 is 0 Å². The van der Waals surface area contributed by atoms with Crippen molar-refractivity contribution in [1.82, 2.24) is 19.9 Å². The molecule has 0 aliphatic carbocycles. The van der Waals surface area contributed by atoms with Gasteiger partial charge in [-0.15, -0.1) is 5.10 Å². The molecular formula is C15H22N4O6. The number of aliphatic hydroxyl groups is 1. The van der Waals surface area contributed by atoms with E-state index in [1.807, 2.05) is 0 Å². The normalized spacial score (nSPS) is 14.0. The topological polar surface area (TPSA) is 116 Å². The lowest BCUT2D eigenvalue weighted by Gasteiger charge is -2.10. The van der Waals surface area contributed by atoms with Crippen LogP contribution >= 0.6 is 0 Å². The second-order valence-corrected chi connectivity index (χ2v) is 5.13. The van der Waals surface area contributed by atoms with Crippen molar-refractivity contribution in [3.63, 3.8) is 0 Å². The Hall–Kier alpha value is -2.14. The van der Waals surface area contributed by atoms with Gasteiger partial charge in [0.05, 0.1) is 65.5 Å². The molecule has 0 unspecified atom stereocenters. The van der Waals surface area contributed by atoms with Crippen molar-refractivity contribution in [1.29, 1.82) is 0 Å². The standard InChI is InChI=1S/C15H22N4O6/c20-4-6-24-8-10-25-9-7-23-5-3-18-11-13(16-17-18)12-19-14(21)1-2-15(19)22/h1-2,11,20H,3-10,12H2. The number of rotatable bonds is 13. The quantitative estimate of drug-likeness (QED) is 0.345. The van der Waals surface area contributed by atoms with Gasteiger partial charge in [-0.1, -0.05) is 5.21 Å². The lowest BCUT2D eigenvalue weighted by atomic mass is 10.4. The van der Waals surface area contributed by atoms with Gasteiger partial charge in [-0.05, 0) is 0 Å². The summed E-state index contributed by atoms with van der Waals surface area (Å²) in [5.41, 5.74) is 0.539. The zero-order valence-corrected chi connectivity index (χ0v) is 13.9. The molecule has 2 amide bonds. The fraction of sp³-hybridized carbons (Fsp3) is 0.600. The molecule has 0 saturated carbocycles. The van der Waals surface area contributed by atoms with E-state index in [0.717, 1.165) is 4.90 Å². The minimum absolute atomic E-state index is 0.00858. The smallest absolute Gasteiger partial charge is 0.253 e. The summed E-state index contributed by atoms with van der Waals surface area (Å²) in [6.07, 6.45) is 4.15. The highest BCUT2D eigenvalue weighted by Crippen LogP contribution is 2.08. The maximum absolute atomic E-state index is 11.5. The Labute approximate surface area is 144 Å². The minimum Gasteiger partial charge on any atom is -0.394 e. The number of ether oxygens (including phenoxy) is 3. The van der Waals surface area contributed by atoms with Gasteiger partial charge < -0.3 is 19.3 Å². The molecular weight excluding hydrogens is 332 g/mol. The Morgan fingerprint density at radius 3 is 2.16 bits per heavy atom. The minimum atomic E-state index is -0.343. The Balaban J connectivity index is 1.53. The van der Waals surface area contributed by atoms with E-state index in [0.29, 0.717) is 51.9 Å². The van der Waals surface area contributed by atoms with Crippen molar-refractivity contribution in [2.45, 2.75) is 13.1 Å². The van der Waals surface area contributed by atoms with E-state index in [-0.39, 0.29) is 25.0 Å². The van der Waals surface area contributed by atoms with Gasteiger partial charge in [-0.2, -0.15) is 0 Å². The number of aliphatic hydroxyl groups excluding tert-OH is 1. The summed E-state index contributed by atoms with van der Waals surface area (Å²) in [6, 6.07) is 0. The number of nitrogens with zero attached hydrogens (tertiary/aromatic N) is 4. The van der Waals surface area contributed by atoms with E-state index in [9.17, 15) is 9.59 Å². The number of aromatic nitrogens is 3. The second kappa shape index (κ2) is 10.7. The first-order valence-corrected chi connectivity index (χ1v) is 7.97. The van der Waals surface area contributed by atoms with E-state index in [2.05, 4.69) is 10.3 Å². The molecule has 1 aromatic heterocycles. The molecule has 0 atom stereocenters. The van der Waals surface area contributed by atoms with Crippen LogP contribution in [0.4, 0.5) is 0 Å². The molecule has 10 heteroatoms. The van der Waals surface area contributed by atoms with Crippen molar-refractivity contribution in [2.75, 3.05) is 46.2 Å². The molecule has 0 radical (unpaired) electrons. The number of carbonyl (C=O) groups is 2. The van der Waals surface area contributed by atoms with Crippen LogP contribution < -0.4 is 0 Å². The molecule has 0 fully saturated rings. The third-order valence-electron chi connectivity index (χ3n) is 3.25. The summed E-state index contributed by atoms with van der Waals surface area (Å²) in [7, 11) is 0. The van der Waals surface area contributed by atoms with Gasteiger partial charge in [-0.25, -0.2) is 4.68 Å². The number of imide groups is 1. The summed E-state index contributed by atoms with van der Waals surface area (Å²) in [4.78, 5) is 24.1. The highest BCUT2D eigenvalue weighted by molar-refractivity contribution is 6.12. The van der Waals surface area contributed by atoms with Crippen LogP contribution in [-0.2, 0) is 36.9 Å². The molecule has 1 aliphatic heterocycles. The Morgan fingerprint density at radius 2 is 1.52 bits per heavy atom. The summed E-state index contributed by atoms with van der Waals surface area (Å²) >= 11 is 0. The fourth-order valence-electron chi connectivity index (χ4n) is 2.03. The van der Waals surface area contributed by atoms with Crippen LogP contribution in [-0.4, -0.2) is 83.1 Å². The number of hydrogen-bond donors (Lipinski definition) is 1. The Morgan fingerprint density at radius 1 is 0.920 bits per heavy atom. The highest BCUT2D eigenvalue weighted by atomic mass is 16.5. The van der Waals surface area contributed by atoms with Gasteiger partial charge in [-0.3, -0.25) is 14.5 Å². The van der Waals surface area contributed by atoms with Crippen molar-refractivity contribution in [3.8, 4) is 0 Å². The van der Waals surface area contributed by atoms with E-state index in [4.69, 9.17) is 19.3 Å². The first-order valence-electron chi connectivity index (χ1n) is 7.97. The van der Waals surface area contributed by atoms with Gasteiger partial charge in [0.25, 0.3) is 11.8 Å². The molecule has 0 saturated heterocycles.